The van der Waals surface area contributed by atoms with Gasteiger partial charge in [-0.3, -0.25) is 4.90 Å². The Morgan fingerprint density at radius 3 is 2.29 bits per heavy atom. The molecule has 2 bridgehead atoms. The number of carbonyl (C=O) groups is 1. The van der Waals surface area contributed by atoms with E-state index in [1.807, 2.05) is 0 Å². The van der Waals surface area contributed by atoms with Gasteiger partial charge in [0.25, 0.3) is 0 Å². The molecular weight excluding hydrogens is 490 g/mol. The largest absolute Gasteiger partial charge is 0.573 e. The summed E-state index contributed by atoms with van der Waals surface area (Å²) in [4.78, 5) is 13.7. The van der Waals surface area contributed by atoms with Crippen molar-refractivity contribution in [2.24, 2.45) is 0 Å². The molecule has 2 unspecified atom stereocenters. The van der Waals surface area contributed by atoms with E-state index in [-0.39, 0.29) is 40.4 Å². The first-order valence-electron chi connectivity index (χ1n) is 11.6. The molecule has 188 valence electrons. The molecule has 0 amide bonds. The molecule has 2 heterocycles. The number of carboxylic acids is 1. The van der Waals surface area contributed by atoms with Crippen molar-refractivity contribution in [3.8, 4) is 11.5 Å². The zero-order valence-corrected chi connectivity index (χ0v) is 19.4. The number of ether oxygens (including phenoxy) is 2. The van der Waals surface area contributed by atoms with Crippen molar-refractivity contribution in [3.63, 3.8) is 0 Å². The highest BCUT2D eigenvalue weighted by Gasteiger charge is 2.42. The molecule has 2 aromatic rings. The van der Waals surface area contributed by atoms with Crippen LogP contribution in [0.5, 0.6) is 11.5 Å². The lowest BCUT2D eigenvalue weighted by atomic mass is 9.95. The van der Waals surface area contributed by atoms with Gasteiger partial charge in [0.1, 0.15) is 23.4 Å². The van der Waals surface area contributed by atoms with E-state index >= 15 is 0 Å². The van der Waals surface area contributed by atoms with Crippen molar-refractivity contribution in [1.82, 2.24) is 4.90 Å². The van der Waals surface area contributed by atoms with E-state index in [2.05, 4.69) is 9.64 Å². The SMILES string of the molecule is O=C(O)c1cc(C2CC2)c(CN2C3CC[C@H]2CC(Oc2cc(Cl)cc(OC(F)(F)F)c2)C3)cc1F. The van der Waals surface area contributed by atoms with Crippen LogP contribution in [0.4, 0.5) is 17.6 Å². The summed E-state index contributed by atoms with van der Waals surface area (Å²) >= 11 is 5.97. The fourth-order valence-corrected chi connectivity index (χ4v) is 5.69. The van der Waals surface area contributed by atoms with E-state index in [9.17, 15) is 27.5 Å². The lowest BCUT2D eigenvalue weighted by Crippen LogP contribution is -2.45. The summed E-state index contributed by atoms with van der Waals surface area (Å²) in [5.74, 6) is -1.92. The Hall–Kier alpha value is -2.52. The molecule has 0 spiro atoms. The molecule has 2 aromatic carbocycles. The van der Waals surface area contributed by atoms with Crippen LogP contribution in [-0.2, 0) is 6.54 Å². The molecule has 5 nitrogen and oxygen atoms in total. The number of alkyl halides is 3. The van der Waals surface area contributed by atoms with Crippen molar-refractivity contribution in [2.75, 3.05) is 0 Å². The molecule has 35 heavy (non-hydrogen) atoms. The van der Waals surface area contributed by atoms with Gasteiger partial charge in [0.05, 0.1) is 5.56 Å². The van der Waals surface area contributed by atoms with Crippen molar-refractivity contribution in [1.29, 1.82) is 0 Å². The molecular formula is C25H24ClF4NO4. The zero-order valence-electron chi connectivity index (χ0n) is 18.7. The molecule has 5 rings (SSSR count). The van der Waals surface area contributed by atoms with Crippen LogP contribution in [0.3, 0.4) is 0 Å². The summed E-state index contributed by atoms with van der Waals surface area (Å²) in [6.45, 7) is 0.533. The summed E-state index contributed by atoms with van der Waals surface area (Å²) < 4.78 is 62.3. The number of carboxylic acid groups (broad SMARTS) is 1. The third-order valence-electron chi connectivity index (χ3n) is 7.05. The molecule has 2 saturated heterocycles. The topological polar surface area (TPSA) is 59.0 Å². The quantitative estimate of drug-likeness (QED) is 0.427. The van der Waals surface area contributed by atoms with E-state index in [1.165, 1.54) is 24.3 Å². The molecule has 3 atom stereocenters. The van der Waals surface area contributed by atoms with Crippen LogP contribution < -0.4 is 9.47 Å². The highest BCUT2D eigenvalue weighted by molar-refractivity contribution is 6.30. The number of fused-ring (bicyclic) bond motifs is 2. The van der Waals surface area contributed by atoms with Gasteiger partial charge in [0, 0.05) is 29.7 Å². The first-order valence-corrected chi connectivity index (χ1v) is 12.0. The van der Waals surface area contributed by atoms with Crippen LogP contribution in [0, 0.1) is 5.82 Å². The fraction of sp³-hybridized carbons (Fsp3) is 0.480. The van der Waals surface area contributed by atoms with Crippen molar-refractivity contribution >= 4 is 17.6 Å². The molecule has 1 aliphatic carbocycles. The van der Waals surface area contributed by atoms with Crippen molar-refractivity contribution in [2.45, 2.75) is 75.5 Å². The lowest BCUT2D eigenvalue weighted by Gasteiger charge is -2.39. The minimum atomic E-state index is -4.83. The number of nitrogens with zero attached hydrogens (tertiary/aromatic N) is 1. The maximum absolute atomic E-state index is 14.5. The van der Waals surface area contributed by atoms with E-state index in [4.69, 9.17) is 16.3 Å². The molecule has 2 aliphatic heterocycles. The predicted molar refractivity (Wildman–Crippen MR) is 119 cm³/mol. The smallest absolute Gasteiger partial charge is 0.490 e. The number of hydrogen-bond acceptors (Lipinski definition) is 4. The Bertz CT molecular complexity index is 1120. The minimum Gasteiger partial charge on any atom is -0.490 e. The predicted octanol–water partition coefficient (Wildman–Crippen LogP) is 6.53. The summed E-state index contributed by atoms with van der Waals surface area (Å²) in [6, 6.07) is 6.95. The van der Waals surface area contributed by atoms with E-state index < -0.39 is 23.9 Å². The number of piperidine rings is 1. The number of rotatable bonds is 7. The van der Waals surface area contributed by atoms with Gasteiger partial charge in [-0.15, -0.1) is 13.2 Å². The van der Waals surface area contributed by atoms with Gasteiger partial charge in [0.2, 0.25) is 0 Å². The van der Waals surface area contributed by atoms with E-state index in [1.54, 1.807) is 0 Å². The Kier molecular flexibility index (Phi) is 6.34. The third kappa shape index (κ3) is 5.51. The first kappa shape index (κ1) is 24.2. The summed E-state index contributed by atoms with van der Waals surface area (Å²) in [7, 11) is 0. The minimum absolute atomic E-state index is 0.0848. The second-order valence-electron chi connectivity index (χ2n) is 9.55. The van der Waals surface area contributed by atoms with Gasteiger partial charge in [0.15, 0.2) is 0 Å². The Morgan fingerprint density at radius 1 is 1.03 bits per heavy atom. The zero-order chi connectivity index (χ0) is 24.9. The van der Waals surface area contributed by atoms with Gasteiger partial charge in [-0.25, -0.2) is 9.18 Å². The van der Waals surface area contributed by atoms with Crippen LogP contribution in [0.25, 0.3) is 0 Å². The second-order valence-corrected chi connectivity index (χ2v) is 9.99. The lowest BCUT2D eigenvalue weighted by molar-refractivity contribution is -0.274. The molecule has 3 aliphatic rings. The molecule has 0 radical (unpaired) electrons. The Balaban J connectivity index is 1.29. The molecule has 1 saturated carbocycles. The van der Waals surface area contributed by atoms with E-state index in [0.29, 0.717) is 19.4 Å². The highest BCUT2D eigenvalue weighted by atomic mass is 35.5. The number of halogens is 5. The van der Waals surface area contributed by atoms with Gasteiger partial charge in [-0.1, -0.05) is 11.6 Å². The Labute approximate surface area is 204 Å². The Morgan fingerprint density at radius 2 is 1.69 bits per heavy atom. The van der Waals surface area contributed by atoms with E-state index in [0.717, 1.165) is 42.9 Å². The first-order chi connectivity index (χ1) is 16.6. The highest BCUT2D eigenvalue weighted by Crippen LogP contribution is 2.45. The standard InChI is InChI=1S/C25H24ClF4NO4/c26-15-6-18(10-20(7-15)35-25(28,29)30)34-19-8-16-3-4-17(9-19)31(16)12-14-5-23(27)22(24(32)33)11-21(14)13-1-2-13/h5-7,10-11,13,16-17,19H,1-4,8-9,12H2,(H,32,33)/t16-,17?,19?/m0/s1. The normalized spacial score (nSPS) is 24.4. The molecule has 10 heteroatoms. The molecule has 3 fully saturated rings. The maximum Gasteiger partial charge on any atom is 0.573 e. The summed E-state index contributed by atoms with van der Waals surface area (Å²) in [6.07, 6.45) is 0.150. The number of benzene rings is 2. The van der Waals surface area contributed by atoms with Crippen LogP contribution in [0.15, 0.2) is 30.3 Å². The third-order valence-corrected chi connectivity index (χ3v) is 7.27. The van der Waals surface area contributed by atoms with Crippen LogP contribution in [0.1, 0.15) is 65.9 Å². The maximum atomic E-state index is 14.5. The average molecular weight is 514 g/mol. The number of aromatic carboxylic acids is 1. The van der Waals surface area contributed by atoms with Gasteiger partial charge in [-0.05, 0) is 79.8 Å². The second kappa shape index (κ2) is 9.17. The monoisotopic (exact) mass is 513 g/mol. The van der Waals surface area contributed by atoms with Gasteiger partial charge < -0.3 is 14.6 Å². The summed E-state index contributed by atoms with van der Waals surface area (Å²) in [5, 5.41) is 9.39. The van der Waals surface area contributed by atoms with Crippen molar-refractivity contribution < 1.29 is 36.9 Å². The summed E-state index contributed by atoms with van der Waals surface area (Å²) in [5.41, 5.74) is 1.45. The number of hydrogen-bond donors (Lipinski definition) is 1. The van der Waals surface area contributed by atoms with Crippen LogP contribution >= 0.6 is 11.6 Å². The van der Waals surface area contributed by atoms with Crippen LogP contribution in [0.2, 0.25) is 5.02 Å². The molecule has 0 aromatic heterocycles. The average Bonchev–Trinajstić information content (AvgIpc) is 3.53. The van der Waals surface area contributed by atoms with Crippen molar-refractivity contribution in [3.05, 3.63) is 57.9 Å². The molecule has 1 N–H and O–H groups in total. The fourth-order valence-electron chi connectivity index (χ4n) is 5.47. The van der Waals surface area contributed by atoms with Crippen LogP contribution in [-0.4, -0.2) is 40.5 Å². The van der Waals surface area contributed by atoms with Gasteiger partial charge >= 0.3 is 12.3 Å². The van der Waals surface area contributed by atoms with Gasteiger partial charge in [-0.2, -0.15) is 0 Å².